The molecule has 1 aliphatic heterocycles. The third kappa shape index (κ3) is 3.13. The van der Waals surface area contributed by atoms with Crippen LogP contribution in [0.25, 0.3) is 0 Å². The molecule has 0 aliphatic carbocycles. The van der Waals surface area contributed by atoms with E-state index in [0.29, 0.717) is 11.5 Å². The van der Waals surface area contributed by atoms with Crippen molar-refractivity contribution in [3.8, 4) is 12.0 Å². The smallest absolute Gasteiger partial charge is 0.237 e. The van der Waals surface area contributed by atoms with Crippen LogP contribution in [-0.4, -0.2) is 23.8 Å². The molecule has 1 aliphatic rings. The Balaban J connectivity index is 2.04. The number of benzene rings is 1. The molecule has 94 valence electrons. The first-order chi connectivity index (χ1) is 8.66. The van der Waals surface area contributed by atoms with Crippen LogP contribution in [0.2, 0.25) is 0 Å². The average Bonchev–Trinajstić information content (AvgIpc) is 2.89. The molecule has 0 spiro atoms. The lowest BCUT2D eigenvalue weighted by molar-refractivity contribution is 0.105. The Hall–Kier alpha value is -1.75. The summed E-state index contributed by atoms with van der Waals surface area (Å²) in [6.45, 7) is 6.27. The molecular weight excluding hydrogens is 222 g/mol. The molecule has 0 amide bonds. The summed E-state index contributed by atoms with van der Waals surface area (Å²) in [5, 5.41) is 0. The van der Waals surface area contributed by atoms with Crippen molar-refractivity contribution < 1.29 is 4.79 Å². The summed E-state index contributed by atoms with van der Waals surface area (Å²) in [6, 6.07) is 10.7. The van der Waals surface area contributed by atoms with Gasteiger partial charge in [0.1, 0.15) is 0 Å². The third-order valence-electron chi connectivity index (χ3n) is 3.27. The molecule has 18 heavy (non-hydrogen) atoms. The monoisotopic (exact) mass is 241 g/mol. The van der Waals surface area contributed by atoms with E-state index in [0.717, 1.165) is 13.1 Å². The van der Waals surface area contributed by atoms with Gasteiger partial charge >= 0.3 is 0 Å². The van der Waals surface area contributed by atoms with Gasteiger partial charge in [-0.1, -0.05) is 38.1 Å². The molecule has 0 N–H and O–H groups in total. The van der Waals surface area contributed by atoms with Crippen LogP contribution in [0.4, 0.5) is 0 Å². The van der Waals surface area contributed by atoms with Crippen molar-refractivity contribution in [2.45, 2.75) is 32.6 Å². The molecule has 0 unspecified atom stereocenters. The molecule has 1 aromatic rings. The van der Waals surface area contributed by atoms with Crippen molar-refractivity contribution in [2.75, 3.05) is 13.1 Å². The number of hydrogen-bond acceptors (Lipinski definition) is 2. The van der Waals surface area contributed by atoms with Gasteiger partial charge in [-0.05, 0) is 30.2 Å². The number of rotatable bonds is 2. The number of hydrogen-bond donors (Lipinski definition) is 0. The fourth-order valence-electron chi connectivity index (χ4n) is 2.05. The number of Topliss-reactive ketones (excluding diaryl/α,β-unsaturated/α-hetero) is 1. The lowest BCUT2D eigenvalue weighted by Gasteiger charge is -2.06. The summed E-state index contributed by atoms with van der Waals surface area (Å²) in [4.78, 5) is 13.9. The van der Waals surface area contributed by atoms with Crippen molar-refractivity contribution in [1.29, 1.82) is 0 Å². The van der Waals surface area contributed by atoms with E-state index in [1.165, 1.54) is 18.4 Å². The number of carbonyl (C=O) groups excluding carboxylic acids is 1. The Morgan fingerprint density at radius 3 is 2.33 bits per heavy atom. The zero-order valence-electron chi connectivity index (χ0n) is 11.1. The quantitative estimate of drug-likeness (QED) is 0.586. The Bertz CT molecular complexity index is 470. The molecule has 0 saturated carbocycles. The number of nitrogens with zero attached hydrogens (tertiary/aromatic N) is 1. The van der Waals surface area contributed by atoms with Crippen LogP contribution in [0.3, 0.4) is 0 Å². The van der Waals surface area contributed by atoms with Gasteiger partial charge in [0.05, 0.1) is 0 Å². The van der Waals surface area contributed by atoms with Crippen molar-refractivity contribution in [3.63, 3.8) is 0 Å². The molecule has 2 rings (SSSR count). The van der Waals surface area contributed by atoms with Crippen LogP contribution in [0.1, 0.15) is 48.5 Å². The van der Waals surface area contributed by atoms with Crippen molar-refractivity contribution >= 4 is 5.78 Å². The Kier molecular flexibility index (Phi) is 4.04. The summed E-state index contributed by atoms with van der Waals surface area (Å²) in [7, 11) is 0. The summed E-state index contributed by atoms with van der Waals surface area (Å²) in [5.74, 6) is 3.13. The molecule has 2 heteroatoms. The Labute approximate surface area is 109 Å². The molecule has 0 bridgehead atoms. The van der Waals surface area contributed by atoms with Crippen LogP contribution in [-0.2, 0) is 0 Å². The van der Waals surface area contributed by atoms with Gasteiger partial charge in [-0.25, -0.2) is 0 Å². The Morgan fingerprint density at radius 2 is 1.78 bits per heavy atom. The maximum absolute atomic E-state index is 11.9. The highest BCUT2D eigenvalue weighted by Gasteiger charge is 2.08. The van der Waals surface area contributed by atoms with Gasteiger partial charge in [-0.3, -0.25) is 4.79 Å². The minimum absolute atomic E-state index is 0.0859. The second kappa shape index (κ2) is 5.73. The summed E-state index contributed by atoms with van der Waals surface area (Å²) >= 11 is 0. The number of likely N-dealkylation sites (tertiary alicyclic amines) is 1. The zero-order chi connectivity index (χ0) is 13.0. The summed E-state index contributed by atoms with van der Waals surface area (Å²) < 4.78 is 0. The highest BCUT2D eigenvalue weighted by molar-refractivity contribution is 6.08. The molecule has 0 radical (unpaired) electrons. The second-order valence-electron chi connectivity index (χ2n) is 5.04. The van der Waals surface area contributed by atoms with Gasteiger partial charge in [0.25, 0.3) is 0 Å². The van der Waals surface area contributed by atoms with Gasteiger partial charge in [0, 0.05) is 24.7 Å². The summed E-state index contributed by atoms with van der Waals surface area (Å²) in [6.07, 6.45) is 2.37. The van der Waals surface area contributed by atoms with Crippen molar-refractivity contribution in [3.05, 3.63) is 35.4 Å². The standard InChI is InChI=1S/C16H19NO/c1-13(2)14-5-7-15(8-6-14)16(18)9-12-17-10-3-4-11-17/h5-8,13H,3-4,10-11H2,1-2H3. The van der Waals surface area contributed by atoms with Crippen LogP contribution in [0.15, 0.2) is 24.3 Å². The molecular formula is C16H19NO. The van der Waals surface area contributed by atoms with E-state index in [2.05, 4.69) is 25.8 Å². The Morgan fingerprint density at radius 1 is 1.17 bits per heavy atom. The van der Waals surface area contributed by atoms with E-state index in [1.807, 2.05) is 29.2 Å². The predicted octanol–water partition coefficient (Wildman–Crippen LogP) is 3.05. The van der Waals surface area contributed by atoms with Crippen molar-refractivity contribution in [2.24, 2.45) is 0 Å². The first-order valence-corrected chi connectivity index (χ1v) is 6.57. The van der Waals surface area contributed by atoms with Crippen LogP contribution < -0.4 is 0 Å². The topological polar surface area (TPSA) is 20.3 Å². The van der Waals surface area contributed by atoms with E-state index in [1.54, 1.807) is 0 Å². The fourth-order valence-corrected chi connectivity index (χ4v) is 2.05. The minimum atomic E-state index is -0.0859. The normalized spacial score (nSPS) is 14.5. The van der Waals surface area contributed by atoms with Crippen LogP contribution in [0, 0.1) is 12.0 Å². The van der Waals surface area contributed by atoms with Crippen molar-refractivity contribution in [1.82, 2.24) is 4.90 Å². The van der Waals surface area contributed by atoms with Crippen LogP contribution >= 0.6 is 0 Å². The maximum Gasteiger partial charge on any atom is 0.237 e. The minimum Gasteiger partial charge on any atom is -0.332 e. The average molecular weight is 241 g/mol. The highest BCUT2D eigenvalue weighted by Crippen LogP contribution is 2.14. The van der Waals surface area contributed by atoms with E-state index in [-0.39, 0.29) is 5.78 Å². The van der Waals surface area contributed by atoms with Gasteiger partial charge in [-0.2, -0.15) is 0 Å². The third-order valence-corrected chi connectivity index (χ3v) is 3.27. The van der Waals surface area contributed by atoms with E-state index >= 15 is 0 Å². The summed E-state index contributed by atoms with van der Waals surface area (Å²) in [5.41, 5.74) is 1.94. The molecule has 2 nitrogen and oxygen atoms in total. The second-order valence-corrected chi connectivity index (χ2v) is 5.04. The SMILES string of the molecule is CC(C)c1ccc(C(=O)C#CN2CCCC2)cc1. The molecule has 1 heterocycles. The van der Waals surface area contributed by atoms with E-state index < -0.39 is 0 Å². The largest absolute Gasteiger partial charge is 0.332 e. The molecule has 1 fully saturated rings. The first kappa shape index (κ1) is 12.7. The number of carbonyl (C=O) groups is 1. The van der Waals surface area contributed by atoms with Crippen LogP contribution in [0.5, 0.6) is 0 Å². The van der Waals surface area contributed by atoms with Gasteiger partial charge < -0.3 is 4.90 Å². The lowest BCUT2D eigenvalue weighted by atomic mass is 10.0. The highest BCUT2D eigenvalue weighted by atomic mass is 16.1. The predicted molar refractivity (Wildman–Crippen MR) is 73.4 cm³/mol. The maximum atomic E-state index is 11.9. The lowest BCUT2D eigenvalue weighted by Crippen LogP contribution is -2.12. The molecule has 1 saturated heterocycles. The van der Waals surface area contributed by atoms with E-state index in [4.69, 9.17) is 0 Å². The molecule has 0 atom stereocenters. The van der Waals surface area contributed by atoms with E-state index in [9.17, 15) is 4.79 Å². The zero-order valence-corrected chi connectivity index (χ0v) is 11.1. The van der Waals surface area contributed by atoms with Gasteiger partial charge in [-0.15, -0.1) is 0 Å². The van der Waals surface area contributed by atoms with Gasteiger partial charge in [0.2, 0.25) is 5.78 Å². The number of ketones is 1. The first-order valence-electron chi connectivity index (χ1n) is 6.57. The molecule has 1 aromatic carbocycles. The fraction of sp³-hybridized carbons (Fsp3) is 0.438. The van der Waals surface area contributed by atoms with Gasteiger partial charge in [0.15, 0.2) is 0 Å². The molecule has 0 aromatic heterocycles.